The molecule has 1 N–H and O–H groups in total. The summed E-state index contributed by atoms with van der Waals surface area (Å²) in [7, 11) is 1.65. The zero-order valence-electron chi connectivity index (χ0n) is 9.81. The van der Waals surface area contributed by atoms with E-state index in [2.05, 4.69) is 0 Å². The molecule has 0 aliphatic heterocycles. The molecular weight excluding hydrogens is 224 g/mol. The quantitative estimate of drug-likeness (QED) is 0.877. The second-order valence-electron chi connectivity index (χ2n) is 4.58. The lowest BCUT2D eigenvalue weighted by molar-refractivity contribution is 0.0153. The average molecular weight is 241 g/mol. The zero-order valence-corrected chi connectivity index (χ0v) is 9.81. The number of rotatable bonds is 3. The Morgan fingerprint density at radius 2 is 2.12 bits per heavy atom. The van der Waals surface area contributed by atoms with Crippen molar-refractivity contribution in [1.82, 2.24) is 4.90 Å². The van der Waals surface area contributed by atoms with Gasteiger partial charge in [0, 0.05) is 6.04 Å². The molecule has 0 amide bonds. The molecule has 1 aromatic carbocycles. The van der Waals surface area contributed by atoms with E-state index >= 15 is 0 Å². The van der Waals surface area contributed by atoms with Gasteiger partial charge in [-0.1, -0.05) is 24.3 Å². The van der Waals surface area contributed by atoms with Crippen LogP contribution in [0.2, 0.25) is 0 Å². The van der Waals surface area contributed by atoms with Gasteiger partial charge >= 0.3 is 0 Å². The molecule has 2 rings (SSSR count). The number of hydrogen-bond acceptors (Lipinski definition) is 2. The maximum atomic E-state index is 12.3. The largest absolute Gasteiger partial charge is 0.387 e. The first-order chi connectivity index (χ1) is 8.09. The molecule has 2 atom stereocenters. The molecule has 0 radical (unpaired) electrons. The number of halogens is 2. The van der Waals surface area contributed by atoms with Crippen molar-refractivity contribution in [3.8, 4) is 0 Å². The summed E-state index contributed by atoms with van der Waals surface area (Å²) in [4.78, 5) is 1.56. The van der Waals surface area contributed by atoms with Gasteiger partial charge in [0.2, 0.25) is 0 Å². The molecular formula is C13H17F2NO. The number of aryl methyl sites for hydroxylation is 1. The van der Waals surface area contributed by atoms with Crippen LogP contribution in [-0.2, 0) is 6.42 Å². The highest BCUT2D eigenvalue weighted by Gasteiger charge is 2.31. The van der Waals surface area contributed by atoms with Crippen molar-refractivity contribution >= 4 is 0 Å². The number of nitrogens with zero attached hydrogens (tertiary/aromatic N) is 1. The second kappa shape index (κ2) is 5.10. The predicted molar refractivity (Wildman–Crippen MR) is 62.1 cm³/mol. The van der Waals surface area contributed by atoms with E-state index in [1.807, 2.05) is 24.3 Å². The predicted octanol–water partition coefficient (Wildman–Crippen LogP) is 2.23. The normalized spacial score (nSPS) is 24.1. The molecule has 0 spiro atoms. The molecule has 1 aliphatic carbocycles. The maximum Gasteiger partial charge on any atom is 0.251 e. The molecule has 2 unspecified atom stereocenters. The highest BCUT2D eigenvalue weighted by atomic mass is 19.3. The molecule has 4 heteroatoms. The Balaban J connectivity index is 2.14. The van der Waals surface area contributed by atoms with E-state index in [9.17, 15) is 13.9 Å². The highest BCUT2D eigenvalue weighted by molar-refractivity contribution is 5.32. The Hall–Kier alpha value is -1.00. The van der Waals surface area contributed by atoms with E-state index in [0.29, 0.717) is 0 Å². The lowest BCUT2D eigenvalue weighted by atomic mass is 9.85. The number of aliphatic hydroxyl groups is 1. The summed E-state index contributed by atoms with van der Waals surface area (Å²) >= 11 is 0. The average Bonchev–Trinajstić information content (AvgIpc) is 2.28. The molecule has 0 bridgehead atoms. The van der Waals surface area contributed by atoms with E-state index < -0.39 is 12.5 Å². The summed E-state index contributed by atoms with van der Waals surface area (Å²) in [5.74, 6) is 0. The van der Waals surface area contributed by atoms with Gasteiger partial charge in [-0.2, -0.15) is 0 Å². The molecule has 17 heavy (non-hydrogen) atoms. The molecule has 0 saturated heterocycles. The smallest absolute Gasteiger partial charge is 0.251 e. The van der Waals surface area contributed by atoms with Gasteiger partial charge in [0.25, 0.3) is 6.43 Å². The minimum absolute atomic E-state index is 0.209. The van der Waals surface area contributed by atoms with Crippen LogP contribution in [0.5, 0.6) is 0 Å². The standard InChI is InChI=1S/C13H17F2NO/c1-16(8-12(14)15)11-7-6-9-4-2-3-5-10(9)13(11)17/h2-5,11-13,17H,6-8H2,1H3. The van der Waals surface area contributed by atoms with Gasteiger partial charge in [0.05, 0.1) is 12.6 Å². The van der Waals surface area contributed by atoms with E-state index in [4.69, 9.17) is 0 Å². The van der Waals surface area contributed by atoms with Crippen LogP contribution in [-0.4, -0.2) is 36.1 Å². The third-order valence-corrected chi connectivity index (χ3v) is 3.44. The number of aliphatic hydroxyl groups excluding tert-OH is 1. The number of fused-ring (bicyclic) bond motifs is 1. The molecule has 0 aromatic heterocycles. The van der Waals surface area contributed by atoms with Crippen molar-refractivity contribution in [3.05, 3.63) is 35.4 Å². The van der Waals surface area contributed by atoms with Gasteiger partial charge in [-0.15, -0.1) is 0 Å². The van der Waals surface area contributed by atoms with Crippen LogP contribution < -0.4 is 0 Å². The second-order valence-corrected chi connectivity index (χ2v) is 4.58. The molecule has 0 saturated carbocycles. The zero-order chi connectivity index (χ0) is 12.4. The first-order valence-corrected chi connectivity index (χ1v) is 5.84. The van der Waals surface area contributed by atoms with Crippen LogP contribution in [0.3, 0.4) is 0 Å². The highest BCUT2D eigenvalue weighted by Crippen LogP contribution is 2.32. The topological polar surface area (TPSA) is 23.5 Å². The van der Waals surface area contributed by atoms with E-state index in [0.717, 1.165) is 24.0 Å². The Morgan fingerprint density at radius 1 is 1.41 bits per heavy atom. The minimum atomic E-state index is -2.36. The molecule has 0 fully saturated rings. The minimum Gasteiger partial charge on any atom is -0.387 e. The molecule has 1 aliphatic rings. The van der Waals surface area contributed by atoms with E-state index in [1.54, 1.807) is 11.9 Å². The summed E-state index contributed by atoms with van der Waals surface area (Å²) in [6.45, 7) is -0.288. The van der Waals surface area contributed by atoms with Crippen molar-refractivity contribution in [2.75, 3.05) is 13.6 Å². The number of likely N-dealkylation sites (N-methyl/N-ethyl adjacent to an activating group) is 1. The van der Waals surface area contributed by atoms with E-state index in [1.165, 1.54) is 0 Å². The van der Waals surface area contributed by atoms with Crippen molar-refractivity contribution in [3.63, 3.8) is 0 Å². The number of alkyl halides is 2. The van der Waals surface area contributed by atoms with Crippen molar-refractivity contribution in [2.45, 2.75) is 31.4 Å². The van der Waals surface area contributed by atoms with Crippen LogP contribution in [0.25, 0.3) is 0 Å². The molecule has 1 aromatic rings. The third kappa shape index (κ3) is 2.64. The van der Waals surface area contributed by atoms with Gasteiger partial charge in [0.1, 0.15) is 0 Å². The molecule has 0 heterocycles. The van der Waals surface area contributed by atoms with Crippen molar-refractivity contribution in [2.24, 2.45) is 0 Å². The van der Waals surface area contributed by atoms with Gasteiger partial charge in [-0.3, -0.25) is 4.90 Å². The summed E-state index contributed by atoms with van der Waals surface area (Å²) in [6, 6.07) is 7.47. The first kappa shape index (κ1) is 12.5. The number of hydrogen-bond donors (Lipinski definition) is 1. The fourth-order valence-corrected chi connectivity index (χ4v) is 2.53. The van der Waals surface area contributed by atoms with E-state index in [-0.39, 0.29) is 12.6 Å². The Morgan fingerprint density at radius 3 is 2.82 bits per heavy atom. The third-order valence-electron chi connectivity index (χ3n) is 3.44. The lowest BCUT2D eigenvalue weighted by Crippen LogP contribution is -2.42. The van der Waals surface area contributed by atoms with Crippen LogP contribution in [0.4, 0.5) is 8.78 Å². The van der Waals surface area contributed by atoms with Crippen molar-refractivity contribution in [1.29, 1.82) is 0 Å². The van der Waals surface area contributed by atoms with Gasteiger partial charge in [0.15, 0.2) is 0 Å². The van der Waals surface area contributed by atoms with Gasteiger partial charge < -0.3 is 5.11 Å². The van der Waals surface area contributed by atoms with Crippen LogP contribution in [0.1, 0.15) is 23.7 Å². The van der Waals surface area contributed by atoms with Crippen LogP contribution in [0.15, 0.2) is 24.3 Å². The summed E-state index contributed by atoms with van der Waals surface area (Å²) in [6.07, 6.45) is -1.46. The Kier molecular flexibility index (Phi) is 3.74. The van der Waals surface area contributed by atoms with Gasteiger partial charge in [-0.25, -0.2) is 8.78 Å². The summed E-state index contributed by atoms with van der Waals surface area (Å²) in [5, 5.41) is 10.2. The monoisotopic (exact) mass is 241 g/mol. The summed E-state index contributed by atoms with van der Waals surface area (Å²) in [5.41, 5.74) is 2.01. The fourth-order valence-electron chi connectivity index (χ4n) is 2.53. The van der Waals surface area contributed by atoms with Crippen molar-refractivity contribution < 1.29 is 13.9 Å². The first-order valence-electron chi connectivity index (χ1n) is 5.84. The number of benzene rings is 1. The lowest BCUT2D eigenvalue weighted by Gasteiger charge is -2.36. The Labute approximate surface area is 99.9 Å². The fraction of sp³-hybridized carbons (Fsp3) is 0.538. The Bertz CT molecular complexity index is 383. The van der Waals surface area contributed by atoms with Crippen LogP contribution >= 0.6 is 0 Å². The maximum absolute atomic E-state index is 12.3. The van der Waals surface area contributed by atoms with Crippen LogP contribution in [0, 0.1) is 0 Å². The summed E-state index contributed by atoms with van der Waals surface area (Å²) < 4.78 is 24.7. The molecule has 2 nitrogen and oxygen atoms in total. The SMILES string of the molecule is CN(CC(F)F)C1CCc2ccccc2C1O. The molecule has 94 valence electrons. The van der Waals surface area contributed by atoms with Gasteiger partial charge in [-0.05, 0) is 31.0 Å².